The molecule has 1 fully saturated rings. The summed E-state index contributed by atoms with van der Waals surface area (Å²) in [6.07, 6.45) is 1.55. The summed E-state index contributed by atoms with van der Waals surface area (Å²) in [5.74, 6) is -0.712. The number of anilines is 1. The largest absolute Gasteiger partial charge is 0.444 e. The highest BCUT2D eigenvalue weighted by Crippen LogP contribution is 2.25. The van der Waals surface area contributed by atoms with Gasteiger partial charge in [0.15, 0.2) is 5.15 Å². The molecule has 0 radical (unpaired) electrons. The van der Waals surface area contributed by atoms with Crippen molar-refractivity contribution in [1.29, 1.82) is 0 Å². The van der Waals surface area contributed by atoms with Gasteiger partial charge in [0.1, 0.15) is 5.60 Å². The number of carbonyl (C=O) groups excluding carboxylic acids is 2. The van der Waals surface area contributed by atoms with Gasteiger partial charge in [-0.05, 0) is 51.0 Å². The average Bonchev–Trinajstić information content (AvgIpc) is 3.28. The lowest BCUT2D eigenvalue weighted by Crippen LogP contribution is -2.36. The summed E-state index contributed by atoms with van der Waals surface area (Å²) in [7, 11) is 0. The number of pyridine rings is 1. The van der Waals surface area contributed by atoms with E-state index in [1.807, 2.05) is 0 Å². The first-order valence-corrected chi connectivity index (χ1v) is 11.5. The number of hydrogen-bond donors (Lipinski definition) is 2. The molecule has 2 N–H and O–H groups in total. The van der Waals surface area contributed by atoms with Crippen molar-refractivity contribution >= 4 is 40.2 Å². The first-order valence-electron chi connectivity index (χ1n) is 11.2. The molecule has 1 aliphatic rings. The molecule has 35 heavy (non-hydrogen) atoms. The van der Waals surface area contributed by atoms with Gasteiger partial charge in [0, 0.05) is 19.3 Å². The second-order valence-corrected chi connectivity index (χ2v) is 9.80. The Kier molecular flexibility index (Phi) is 6.66. The quantitative estimate of drug-likeness (QED) is 0.531. The molecular weight excluding hydrogens is 474 g/mol. The van der Waals surface area contributed by atoms with Crippen LogP contribution in [0.1, 0.15) is 32.8 Å². The molecule has 1 aromatic carbocycles. The predicted molar refractivity (Wildman–Crippen MR) is 132 cm³/mol. The Balaban J connectivity index is 1.50. The number of hydrogen-bond acceptors (Lipinski definition) is 6. The maximum atomic E-state index is 12.9. The predicted octanol–water partition coefficient (Wildman–Crippen LogP) is 2.98. The van der Waals surface area contributed by atoms with E-state index < -0.39 is 28.9 Å². The molecule has 11 heteroatoms. The Morgan fingerprint density at radius 3 is 2.74 bits per heavy atom. The third-order valence-corrected chi connectivity index (χ3v) is 5.91. The van der Waals surface area contributed by atoms with Crippen molar-refractivity contribution in [2.45, 2.75) is 39.3 Å². The molecule has 0 saturated carbocycles. The Bertz CT molecular complexity index is 1410. The fraction of sp³-hybridized carbons (Fsp3) is 0.375. The Morgan fingerprint density at radius 2 is 2.00 bits per heavy atom. The normalized spacial score (nSPS) is 15.9. The van der Waals surface area contributed by atoms with Crippen molar-refractivity contribution in [1.82, 2.24) is 19.4 Å². The van der Waals surface area contributed by atoms with Crippen LogP contribution in [-0.4, -0.2) is 50.1 Å². The number of aromatic amines is 1. The van der Waals surface area contributed by atoms with Crippen LogP contribution < -0.4 is 16.6 Å². The number of likely N-dealkylation sites (tertiary alicyclic amines) is 1. The number of nitrogens with zero attached hydrogens (tertiary/aromatic N) is 3. The number of fused-ring (bicyclic) bond motifs is 1. The molecule has 1 aliphatic heterocycles. The number of carbonyl (C=O) groups is 2. The van der Waals surface area contributed by atoms with Crippen LogP contribution in [-0.2, 0) is 16.1 Å². The zero-order valence-electron chi connectivity index (χ0n) is 19.6. The first kappa shape index (κ1) is 24.5. The van der Waals surface area contributed by atoms with Crippen molar-refractivity contribution in [2.75, 3.05) is 18.4 Å². The van der Waals surface area contributed by atoms with Crippen molar-refractivity contribution in [3.8, 4) is 0 Å². The number of rotatable bonds is 4. The van der Waals surface area contributed by atoms with Gasteiger partial charge in [0.05, 0.1) is 29.1 Å². The van der Waals surface area contributed by atoms with Crippen LogP contribution in [0.2, 0.25) is 5.15 Å². The van der Waals surface area contributed by atoms with E-state index in [4.69, 9.17) is 16.3 Å². The summed E-state index contributed by atoms with van der Waals surface area (Å²) in [5, 5.41) is 3.28. The summed E-state index contributed by atoms with van der Waals surface area (Å²) in [6.45, 7) is 6.13. The average molecular weight is 500 g/mol. The van der Waals surface area contributed by atoms with Crippen LogP contribution in [0.25, 0.3) is 10.9 Å². The van der Waals surface area contributed by atoms with Gasteiger partial charge in [-0.1, -0.05) is 23.7 Å². The van der Waals surface area contributed by atoms with E-state index in [0.717, 1.165) is 0 Å². The maximum absolute atomic E-state index is 12.9. The molecule has 3 aromatic rings. The number of H-pyrrole nitrogens is 1. The molecule has 0 spiro atoms. The number of para-hydroxylation sites is 1. The number of halogens is 1. The number of aromatic nitrogens is 3. The molecule has 1 atom stereocenters. The number of benzene rings is 1. The van der Waals surface area contributed by atoms with E-state index >= 15 is 0 Å². The minimum atomic E-state index is -0.615. The fourth-order valence-corrected chi connectivity index (χ4v) is 4.10. The van der Waals surface area contributed by atoms with Crippen LogP contribution in [0, 0.1) is 5.92 Å². The van der Waals surface area contributed by atoms with E-state index in [9.17, 15) is 19.2 Å². The number of amides is 2. The molecule has 3 heterocycles. The van der Waals surface area contributed by atoms with Gasteiger partial charge in [0.2, 0.25) is 5.91 Å². The van der Waals surface area contributed by atoms with Crippen molar-refractivity contribution in [2.24, 2.45) is 5.92 Å². The Morgan fingerprint density at radius 1 is 1.26 bits per heavy atom. The van der Waals surface area contributed by atoms with Gasteiger partial charge in [0.25, 0.3) is 5.56 Å². The monoisotopic (exact) mass is 499 g/mol. The van der Waals surface area contributed by atoms with Crippen LogP contribution in [0.15, 0.2) is 46.1 Å². The maximum Gasteiger partial charge on any atom is 0.410 e. The summed E-state index contributed by atoms with van der Waals surface area (Å²) < 4.78 is 6.80. The zero-order chi connectivity index (χ0) is 25.3. The smallest absolute Gasteiger partial charge is 0.410 e. The molecule has 184 valence electrons. The van der Waals surface area contributed by atoms with E-state index in [1.165, 1.54) is 15.7 Å². The molecule has 2 aromatic heterocycles. The van der Waals surface area contributed by atoms with Crippen molar-refractivity contribution < 1.29 is 14.3 Å². The lowest BCUT2D eigenvalue weighted by Gasteiger charge is -2.24. The number of nitrogens with one attached hydrogen (secondary N) is 2. The highest BCUT2D eigenvalue weighted by Gasteiger charge is 2.33. The van der Waals surface area contributed by atoms with E-state index in [-0.39, 0.29) is 24.1 Å². The Hall–Kier alpha value is -3.66. The lowest BCUT2D eigenvalue weighted by atomic mass is 10.1. The zero-order valence-corrected chi connectivity index (χ0v) is 20.4. The van der Waals surface area contributed by atoms with Crippen LogP contribution in [0.3, 0.4) is 0 Å². The third-order valence-electron chi connectivity index (χ3n) is 5.61. The van der Waals surface area contributed by atoms with E-state index in [1.54, 1.807) is 51.1 Å². The fourth-order valence-electron chi connectivity index (χ4n) is 3.95. The Labute approximate surface area is 205 Å². The third kappa shape index (κ3) is 5.54. The van der Waals surface area contributed by atoms with Crippen LogP contribution >= 0.6 is 11.6 Å². The highest BCUT2D eigenvalue weighted by atomic mass is 35.5. The summed E-state index contributed by atoms with van der Waals surface area (Å²) in [5.41, 5.74) is -0.244. The minimum Gasteiger partial charge on any atom is -0.444 e. The topological polar surface area (TPSA) is 126 Å². The van der Waals surface area contributed by atoms with Gasteiger partial charge in [-0.25, -0.2) is 14.6 Å². The second kappa shape index (κ2) is 9.53. The van der Waals surface area contributed by atoms with E-state index in [0.29, 0.717) is 35.1 Å². The summed E-state index contributed by atoms with van der Waals surface area (Å²) >= 11 is 6.22. The molecular formula is C24H26ClN5O5. The van der Waals surface area contributed by atoms with E-state index in [2.05, 4.69) is 15.3 Å². The van der Waals surface area contributed by atoms with Gasteiger partial charge >= 0.3 is 11.8 Å². The second-order valence-electron chi connectivity index (χ2n) is 9.45. The molecule has 2 amide bonds. The number of ether oxygens (including phenoxy) is 1. The lowest BCUT2D eigenvalue weighted by molar-refractivity contribution is -0.119. The van der Waals surface area contributed by atoms with Crippen molar-refractivity contribution in [3.63, 3.8) is 0 Å². The molecule has 0 aliphatic carbocycles. The van der Waals surface area contributed by atoms with Crippen LogP contribution in [0.4, 0.5) is 10.5 Å². The minimum absolute atomic E-state index is 0.0998. The standard InChI is InChI=1S/C24H26ClN5O5/c1-24(2,3)35-23(34)29-9-8-15(13-29)20(31)27-17-10-14(11-26-19(17)25)12-30-18-7-5-4-6-16(18)21(32)28-22(30)33/h4-7,10-11,15H,8-9,12-13H2,1-3H3,(H,27,31)(H,28,32,33)/t15-/m0/s1. The molecule has 0 unspecified atom stereocenters. The SMILES string of the molecule is CC(C)(C)OC(=O)N1CC[C@H](C(=O)Nc2cc(Cn3c(=O)[nH]c(=O)c4ccccc43)cnc2Cl)C1. The highest BCUT2D eigenvalue weighted by molar-refractivity contribution is 6.32. The van der Waals surface area contributed by atoms with Gasteiger partial charge in [-0.15, -0.1) is 0 Å². The first-order chi connectivity index (χ1) is 16.5. The molecule has 0 bridgehead atoms. The van der Waals surface area contributed by atoms with Gasteiger partial charge in [-0.2, -0.15) is 0 Å². The van der Waals surface area contributed by atoms with Gasteiger partial charge in [-0.3, -0.25) is 19.1 Å². The molecule has 1 saturated heterocycles. The molecule has 10 nitrogen and oxygen atoms in total. The summed E-state index contributed by atoms with van der Waals surface area (Å²) in [4.78, 5) is 57.7. The summed E-state index contributed by atoms with van der Waals surface area (Å²) in [6, 6.07) is 8.43. The molecule has 4 rings (SSSR count). The van der Waals surface area contributed by atoms with Gasteiger partial charge < -0.3 is 15.0 Å². The van der Waals surface area contributed by atoms with Crippen LogP contribution in [0.5, 0.6) is 0 Å². The van der Waals surface area contributed by atoms with Crippen molar-refractivity contribution in [3.05, 3.63) is 68.1 Å².